The van der Waals surface area contributed by atoms with E-state index >= 15 is 0 Å². The molecule has 2 atom stereocenters. The molecule has 0 amide bonds. The first-order chi connectivity index (χ1) is 4.26. The molecule has 0 rings (SSSR count). The molecule has 56 valence electrons. The van der Waals surface area contributed by atoms with Crippen LogP contribution in [-0.2, 0) is 0 Å². The Bertz CT molecular complexity index is 61.3. The molecule has 0 unspecified atom stereocenters. The maximum atomic E-state index is 8.91. The largest absolute Gasteiger partial charge is 0.396 e. The van der Waals surface area contributed by atoms with Crippen LogP contribution in [0.4, 0.5) is 0 Å². The van der Waals surface area contributed by atoms with Crippen LogP contribution in [0.1, 0.15) is 13.3 Å². The molecule has 0 aromatic heterocycles. The molecule has 0 saturated carbocycles. The van der Waals surface area contributed by atoms with Gasteiger partial charge in [0, 0.05) is 12.5 Å². The van der Waals surface area contributed by atoms with Crippen molar-refractivity contribution in [3.8, 4) is 0 Å². The summed E-state index contributed by atoms with van der Waals surface area (Å²) in [6, 6.07) is 0. The number of rotatable bonds is 4. The van der Waals surface area contributed by atoms with Crippen LogP contribution in [0, 0.1) is 5.92 Å². The molecule has 0 aliphatic carbocycles. The summed E-state index contributed by atoms with van der Waals surface area (Å²) in [5.74, 6) is -0.171. The van der Waals surface area contributed by atoms with E-state index in [2.05, 4.69) is 0 Å². The molecule has 0 bridgehead atoms. The summed E-state index contributed by atoms with van der Waals surface area (Å²) in [4.78, 5) is 0. The Kier molecular flexibility index (Phi) is 4.67. The molecule has 3 heteroatoms. The summed E-state index contributed by atoms with van der Waals surface area (Å²) in [7, 11) is 0. The highest BCUT2D eigenvalue weighted by Crippen LogP contribution is 2.06. The van der Waals surface area contributed by atoms with Gasteiger partial charge in [0.15, 0.2) is 0 Å². The van der Waals surface area contributed by atoms with Crippen LogP contribution in [-0.4, -0.2) is 34.6 Å². The molecule has 0 radical (unpaired) electrons. The molecule has 3 N–H and O–H groups in total. The molecule has 0 fully saturated rings. The average Bonchev–Trinajstić information content (AvgIpc) is 1.90. The second-order valence-corrected chi connectivity index (χ2v) is 2.10. The van der Waals surface area contributed by atoms with Gasteiger partial charge in [-0.05, 0) is 6.42 Å². The Hall–Kier alpha value is -0.120. The van der Waals surface area contributed by atoms with E-state index in [4.69, 9.17) is 15.3 Å². The third-order valence-corrected chi connectivity index (χ3v) is 1.49. The van der Waals surface area contributed by atoms with Gasteiger partial charge in [0.05, 0.1) is 12.7 Å². The van der Waals surface area contributed by atoms with Crippen molar-refractivity contribution in [2.75, 3.05) is 13.2 Å². The van der Waals surface area contributed by atoms with E-state index in [9.17, 15) is 0 Å². The Balaban J connectivity index is 3.50. The van der Waals surface area contributed by atoms with Gasteiger partial charge in [-0.25, -0.2) is 0 Å². The molecule has 9 heavy (non-hydrogen) atoms. The van der Waals surface area contributed by atoms with E-state index in [1.807, 2.05) is 6.92 Å². The van der Waals surface area contributed by atoms with Crippen LogP contribution < -0.4 is 0 Å². The normalized spacial score (nSPS) is 17.3. The Labute approximate surface area is 54.9 Å². The van der Waals surface area contributed by atoms with Crippen molar-refractivity contribution in [3.63, 3.8) is 0 Å². The molecule has 0 spiro atoms. The lowest BCUT2D eigenvalue weighted by Crippen LogP contribution is -2.26. The van der Waals surface area contributed by atoms with E-state index < -0.39 is 6.10 Å². The maximum absolute atomic E-state index is 8.91. The van der Waals surface area contributed by atoms with Gasteiger partial charge >= 0.3 is 0 Å². The smallest absolute Gasteiger partial charge is 0.0820 e. The zero-order chi connectivity index (χ0) is 7.28. The van der Waals surface area contributed by atoms with Crippen LogP contribution in [0.5, 0.6) is 0 Å². The minimum atomic E-state index is -0.764. The fraction of sp³-hybridized carbons (Fsp3) is 1.00. The van der Waals surface area contributed by atoms with Crippen LogP contribution in [0.15, 0.2) is 0 Å². The lowest BCUT2D eigenvalue weighted by molar-refractivity contribution is 0.0212. The highest BCUT2D eigenvalue weighted by Gasteiger charge is 2.14. The molecule has 0 heterocycles. The second kappa shape index (κ2) is 4.73. The molecule has 0 aliphatic rings. The van der Waals surface area contributed by atoms with Crippen LogP contribution in [0.3, 0.4) is 0 Å². The summed E-state index contributed by atoms with van der Waals surface area (Å²) in [5, 5.41) is 25.9. The molecule has 3 nitrogen and oxygen atoms in total. The van der Waals surface area contributed by atoms with Gasteiger partial charge in [0.1, 0.15) is 0 Å². The van der Waals surface area contributed by atoms with Crippen molar-refractivity contribution >= 4 is 0 Å². The fourth-order valence-electron chi connectivity index (χ4n) is 0.672. The average molecular weight is 134 g/mol. The zero-order valence-electron chi connectivity index (χ0n) is 5.62. The van der Waals surface area contributed by atoms with Crippen LogP contribution in [0.25, 0.3) is 0 Å². The molecule has 0 saturated heterocycles. The van der Waals surface area contributed by atoms with Gasteiger partial charge in [-0.2, -0.15) is 0 Å². The summed E-state index contributed by atoms with van der Waals surface area (Å²) in [5.41, 5.74) is 0. The third-order valence-electron chi connectivity index (χ3n) is 1.49. The number of aliphatic hydroxyl groups is 3. The minimum Gasteiger partial charge on any atom is -0.396 e. The summed E-state index contributed by atoms with van der Waals surface area (Å²) >= 11 is 0. The summed E-state index contributed by atoms with van der Waals surface area (Å²) in [6.45, 7) is 1.54. The second-order valence-electron chi connectivity index (χ2n) is 2.10. The molecule has 0 aromatic carbocycles. The highest BCUT2D eigenvalue weighted by molar-refractivity contribution is 4.64. The first kappa shape index (κ1) is 8.88. The van der Waals surface area contributed by atoms with Gasteiger partial charge in [0.25, 0.3) is 0 Å². The van der Waals surface area contributed by atoms with E-state index in [-0.39, 0.29) is 19.1 Å². The molecule has 0 aliphatic heterocycles. The van der Waals surface area contributed by atoms with Crippen molar-refractivity contribution in [2.24, 2.45) is 5.92 Å². The standard InChI is InChI=1S/C6H14O3/c1-2-5(3-7)6(9)4-8/h5-9H,2-4H2,1H3/t5-,6-/m1/s1. The van der Waals surface area contributed by atoms with Gasteiger partial charge in [-0.15, -0.1) is 0 Å². The Morgan fingerprint density at radius 1 is 1.22 bits per heavy atom. The van der Waals surface area contributed by atoms with Crippen molar-refractivity contribution in [1.82, 2.24) is 0 Å². The SMILES string of the molecule is CC[C@H](CO)[C@H](O)CO. The van der Waals surface area contributed by atoms with Crippen molar-refractivity contribution in [2.45, 2.75) is 19.4 Å². The van der Waals surface area contributed by atoms with Gasteiger partial charge < -0.3 is 15.3 Å². The van der Waals surface area contributed by atoms with Crippen molar-refractivity contribution in [1.29, 1.82) is 0 Å². The van der Waals surface area contributed by atoms with E-state index in [0.717, 1.165) is 0 Å². The highest BCUT2D eigenvalue weighted by atomic mass is 16.3. The molecular weight excluding hydrogens is 120 g/mol. The van der Waals surface area contributed by atoms with E-state index in [1.165, 1.54) is 0 Å². The quantitative estimate of drug-likeness (QED) is 0.479. The first-order valence-electron chi connectivity index (χ1n) is 3.16. The predicted octanol–water partition coefficient (Wildman–Crippen LogP) is -0.642. The lowest BCUT2D eigenvalue weighted by atomic mass is 10.0. The van der Waals surface area contributed by atoms with E-state index in [0.29, 0.717) is 6.42 Å². The number of aliphatic hydroxyl groups excluding tert-OH is 3. The first-order valence-corrected chi connectivity index (χ1v) is 3.16. The maximum Gasteiger partial charge on any atom is 0.0820 e. The van der Waals surface area contributed by atoms with Crippen LogP contribution in [0.2, 0.25) is 0 Å². The number of hydrogen-bond donors (Lipinski definition) is 3. The van der Waals surface area contributed by atoms with Crippen molar-refractivity contribution in [3.05, 3.63) is 0 Å². The molecular formula is C6H14O3. The Morgan fingerprint density at radius 2 is 1.78 bits per heavy atom. The minimum absolute atomic E-state index is 0.0573. The number of hydrogen-bond acceptors (Lipinski definition) is 3. The summed E-state index contributed by atoms with van der Waals surface area (Å²) in [6.07, 6.45) is -0.0712. The predicted molar refractivity (Wildman–Crippen MR) is 34.0 cm³/mol. The van der Waals surface area contributed by atoms with Gasteiger partial charge in [-0.3, -0.25) is 0 Å². The van der Waals surface area contributed by atoms with Gasteiger partial charge in [0.2, 0.25) is 0 Å². The summed E-state index contributed by atoms with van der Waals surface area (Å²) < 4.78 is 0. The van der Waals surface area contributed by atoms with Crippen molar-refractivity contribution < 1.29 is 15.3 Å². The fourth-order valence-corrected chi connectivity index (χ4v) is 0.672. The van der Waals surface area contributed by atoms with Gasteiger partial charge in [-0.1, -0.05) is 6.92 Å². The topological polar surface area (TPSA) is 60.7 Å². The molecule has 0 aromatic rings. The lowest BCUT2D eigenvalue weighted by Gasteiger charge is -2.15. The zero-order valence-corrected chi connectivity index (χ0v) is 5.62. The third kappa shape index (κ3) is 2.79. The van der Waals surface area contributed by atoms with E-state index in [1.54, 1.807) is 0 Å². The van der Waals surface area contributed by atoms with Crippen LogP contribution >= 0.6 is 0 Å². The Morgan fingerprint density at radius 3 is 1.89 bits per heavy atom. The monoisotopic (exact) mass is 134 g/mol.